The number of non-ortho nitro benzene ring substituents is 1. The average Bonchev–Trinajstić information content (AvgIpc) is 2.96. The van der Waals surface area contributed by atoms with E-state index in [-0.39, 0.29) is 11.3 Å². The van der Waals surface area contributed by atoms with Gasteiger partial charge in [0, 0.05) is 28.1 Å². The van der Waals surface area contributed by atoms with Gasteiger partial charge in [-0.2, -0.15) is 4.73 Å². The molecule has 0 aliphatic carbocycles. The van der Waals surface area contributed by atoms with E-state index in [4.69, 9.17) is 28.7 Å². The van der Waals surface area contributed by atoms with Crippen molar-refractivity contribution in [1.82, 2.24) is 4.73 Å². The van der Waals surface area contributed by atoms with Crippen LogP contribution in [0.4, 0.5) is 5.69 Å². The summed E-state index contributed by atoms with van der Waals surface area (Å²) in [5, 5.41) is 13.0. The summed E-state index contributed by atoms with van der Waals surface area (Å²) in [5.74, 6) is -0.667. The summed E-state index contributed by atoms with van der Waals surface area (Å²) in [6, 6.07) is 12.2. The first kappa shape index (κ1) is 17.3. The number of carbonyl (C=O) groups excluding carboxylic acids is 1. The molecule has 6 nitrogen and oxygen atoms in total. The molecule has 9 heteroatoms. The normalized spacial score (nSPS) is 10.4. The molecule has 126 valence electrons. The Morgan fingerprint density at radius 3 is 2.40 bits per heavy atom. The number of nitro groups is 1. The molecule has 0 radical (unpaired) electrons. The maximum absolute atomic E-state index is 12.3. The number of thiazole rings is 1. The molecule has 0 saturated carbocycles. The molecule has 3 rings (SSSR count). The Morgan fingerprint density at radius 1 is 1.16 bits per heavy atom. The molecule has 0 saturated heterocycles. The van der Waals surface area contributed by atoms with E-state index in [1.54, 1.807) is 29.6 Å². The van der Waals surface area contributed by atoms with Gasteiger partial charge in [-0.1, -0.05) is 23.7 Å². The van der Waals surface area contributed by atoms with Crippen LogP contribution in [0.15, 0.2) is 53.9 Å². The Balaban J connectivity index is 1.89. The topological polar surface area (TPSA) is 74.4 Å². The van der Waals surface area contributed by atoms with Crippen molar-refractivity contribution >= 4 is 46.8 Å². The molecular weight excluding hydrogens is 384 g/mol. The monoisotopic (exact) mass is 392 g/mol. The highest BCUT2D eigenvalue weighted by molar-refractivity contribution is 7.73. The third-order valence-corrected chi connectivity index (χ3v) is 4.70. The van der Waals surface area contributed by atoms with Gasteiger partial charge in [0.15, 0.2) is 3.95 Å². The first-order valence-electron chi connectivity index (χ1n) is 6.89. The second kappa shape index (κ2) is 7.14. The lowest BCUT2D eigenvalue weighted by atomic mass is 10.2. The van der Waals surface area contributed by atoms with Gasteiger partial charge < -0.3 is 4.84 Å². The molecule has 0 unspecified atom stereocenters. The fraction of sp³-hybridized carbons (Fsp3) is 0. The van der Waals surface area contributed by atoms with Crippen LogP contribution in [0.25, 0.3) is 11.3 Å². The molecule has 0 bridgehead atoms. The predicted molar refractivity (Wildman–Crippen MR) is 97.6 cm³/mol. The second-order valence-electron chi connectivity index (χ2n) is 4.87. The van der Waals surface area contributed by atoms with Gasteiger partial charge in [0.2, 0.25) is 0 Å². The summed E-state index contributed by atoms with van der Waals surface area (Å²) in [4.78, 5) is 27.8. The van der Waals surface area contributed by atoms with Crippen LogP contribution in [0, 0.1) is 14.1 Å². The van der Waals surface area contributed by atoms with Crippen molar-refractivity contribution in [2.45, 2.75) is 0 Å². The van der Waals surface area contributed by atoms with E-state index in [1.807, 2.05) is 0 Å². The lowest BCUT2D eigenvalue weighted by Gasteiger charge is -2.09. The van der Waals surface area contributed by atoms with Crippen LogP contribution in [-0.4, -0.2) is 15.6 Å². The lowest BCUT2D eigenvalue weighted by Crippen LogP contribution is -2.20. The molecule has 25 heavy (non-hydrogen) atoms. The second-order valence-corrected chi connectivity index (χ2v) is 6.81. The van der Waals surface area contributed by atoms with Crippen molar-refractivity contribution in [2.75, 3.05) is 0 Å². The van der Waals surface area contributed by atoms with Gasteiger partial charge in [-0.15, -0.1) is 11.3 Å². The van der Waals surface area contributed by atoms with Crippen molar-refractivity contribution in [3.8, 4) is 11.3 Å². The highest BCUT2D eigenvalue weighted by Gasteiger charge is 2.15. The number of nitro benzene ring substituents is 1. The largest absolute Gasteiger partial charge is 0.363 e. The minimum Gasteiger partial charge on any atom is -0.329 e. The van der Waals surface area contributed by atoms with E-state index in [0.717, 1.165) is 5.56 Å². The third kappa shape index (κ3) is 3.76. The van der Waals surface area contributed by atoms with Gasteiger partial charge in [0.05, 0.1) is 10.5 Å². The Kier molecular flexibility index (Phi) is 4.93. The van der Waals surface area contributed by atoms with E-state index < -0.39 is 10.9 Å². The van der Waals surface area contributed by atoms with Crippen molar-refractivity contribution in [2.24, 2.45) is 0 Å². The van der Waals surface area contributed by atoms with Gasteiger partial charge in [0.1, 0.15) is 5.69 Å². The van der Waals surface area contributed by atoms with E-state index in [9.17, 15) is 14.9 Å². The third-order valence-electron chi connectivity index (χ3n) is 3.28. The molecule has 0 fully saturated rings. The lowest BCUT2D eigenvalue weighted by molar-refractivity contribution is -0.384. The molecule has 1 aromatic heterocycles. The van der Waals surface area contributed by atoms with Crippen molar-refractivity contribution < 1.29 is 14.6 Å². The number of benzene rings is 2. The van der Waals surface area contributed by atoms with Crippen LogP contribution in [0.2, 0.25) is 5.02 Å². The molecule has 0 aliphatic heterocycles. The number of hydrogen-bond donors (Lipinski definition) is 0. The molecule has 2 aromatic carbocycles. The molecule has 0 spiro atoms. The number of rotatable bonds is 4. The standard InChI is InChI=1S/C16H9ClN2O4S2/c17-12-5-1-10(2-6-12)14-9-25-16(24)18(14)23-15(20)11-3-7-13(8-4-11)19(21)22/h1-9H. The zero-order chi connectivity index (χ0) is 18.0. The van der Waals surface area contributed by atoms with E-state index >= 15 is 0 Å². The summed E-state index contributed by atoms with van der Waals surface area (Å²) in [5.41, 5.74) is 1.47. The summed E-state index contributed by atoms with van der Waals surface area (Å²) in [6.45, 7) is 0. The smallest absolute Gasteiger partial charge is 0.329 e. The summed E-state index contributed by atoms with van der Waals surface area (Å²) in [6.07, 6.45) is 0. The van der Waals surface area contributed by atoms with E-state index in [0.29, 0.717) is 14.7 Å². The van der Waals surface area contributed by atoms with E-state index in [1.165, 1.54) is 40.3 Å². The first-order chi connectivity index (χ1) is 12.0. The highest BCUT2D eigenvalue weighted by atomic mass is 35.5. The Hall–Kier alpha value is -2.55. The Labute approximate surface area is 156 Å². The first-order valence-corrected chi connectivity index (χ1v) is 8.56. The Bertz CT molecular complexity index is 994. The van der Waals surface area contributed by atoms with Crippen LogP contribution >= 0.6 is 35.2 Å². The van der Waals surface area contributed by atoms with Crippen LogP contribution in [0.1, 0.15) is 10.4 Å². The van der Waals surface area contributed by atoms with Crippen molar-refractivity contribution in [1.29, 1.82) is 0 Å². The summed E-state index contributed by atoms with van der Waals surface area (Å²) < 4.78 is 1.62. The van der Waals surface area contributed by atoms with Crippen LogP contribution < -0.4 is 4.84 Å². The quantitative estimate of drug-likeness (QED) is 0.363. The zero-order valence-electron chi connectivity index (χ0n) is 12.4. The number of halogens is 1. The minimum atomic E-state index is -0.667. The van der Waals surface area contributed by atoms with Gasteiger partial charge >= 0.3 is 5.97 Å². The van der Waals surface area contributed by atoms with Gasteiger partial charge in [0.25, 0.3) is 5.69 Å². The zero-order valence-corrected chi connectivity index (χ0v) is 14.8. The fourth-order valence-corrected chi connectivity index (χ4v) is 3.13. The predicted octanol–water partition coefficient (Wildman–Crippen LogP) is 4.78. The molecular formula is C16H9ClN2O4S2. The maximum atomic E-state index is 12.3. The highest BCUT2D eigenvalue weighted by Crippen LogP contribution is 2.25. The van der Waals surface area contributed by atoms with Crippen LogP contribution in [0.5, 0.6) is 0 Å². The fourth-order valence-electron chi connectivity index (χ4n) is 2.05. The van der Waals surface area contributed by atoms with E-state index in [2.05, 4.69) is 0 Å². The number of nitrogens with zero attached hydrogens (tertiary/aromatic N) is 2. The van der Waals surface area contributed by atoms with Gasteiger partial charge in [-0.3, -0.25) is 10.1 Å². The number of aromatic nitrogens is 1. The molecule has 0 N–H and O–H groups in total. The summed E-state index contributed by atoms with van der Waals surface area (Å²) in [7, 11) is 0. The van der Waals surface area contributed by atoms with Crippen LogP contribution in [0.3, 0.4) is 0 Å². The van der Waals surface area contributed by atoms with Gasteiger partial charge in [-0.05, 0) is 36.5 Å². The SMILES string of the molecule is O=C(On1c(-c2ccc(Cl)cc2)csc1=S)c1ccc([N+](=O)[O-])cc1. The number of carbonyl (C=O) groups is 1. The van der Waals surface area contributed by atoms with Crippen molar-refractivity contribution in [3.05, 3.63) is 78.6 Å². The summed E-state index contributed by atoms with van der Waals surface area (Å²) >= 11 is 12.3. The number of hydrogen-bond acceptors (Lipinski definition) is 6. The maximum Gasteiger partial charge on any atom is 0.363 e. The van der Waals surface area contributed by atoms with Crippen molar-refractivity contribution in [3.63, 3.8) is 0 Å². The average molecular weight is 393 g/mol. The molecule has 0 atom stereocenters. The van der Waals surface area contributed by atoms with Crippen LogP contribution in [-0.2, 0) is 0 Å². The Morgan fingerprint density at radius 2 is 1.80 bits per heavy atom. The molecule has 1 heterocycles. The van der Waals surface area contributed by atoms with Gasteiger partial charge in [-0.25, -0.2) is 4.79 Å². The molecule has 0 aliphatic rings. The minimum absolute atomic E-state index is 0.106. The molecule has 0 amide bonds. The molecule has 3 aromatic rings.